The van der Waals surface area contributed by atoms with Gasteiger partial charge in [0.05, 0.1) is 6.04 Å². The number of pyridine rings is 2. The summed E-state index contributed by atoms with van der Waals surface area (Å²) in [5.41, 5.74) is 1.53. The van der Waals surface area contributed by atoms with Crippen molar-refractivity contribution in [3.8, 4) is 0 Å². The van der Waals surface area contributed by atoms with Crippen LogP contribution in [0.25, 0.3) is 0 Å². The van der Waals surface area contributed by atoms with Crippen LogP contribution in [-0.4, -0.2) is 40.4 Å². The van der Waals surface area contributed by atoms with E-state index in [-0.39, 0.29) is 11.9 Å². The summed E-state index contributed by atoms with van der Waals surface area (Å²) >= 11 is 0. The van der Waals surface area contributed by atoms with Crippen molar-refractivity contribution in [2.24, 2.45) is 0 Å². The summed E-state index contributed by atoms with van der Waals surface area (Å²) in [6, 6.07) is 9.31. The molecule has 5 nitrogen and oxygen atoms in total. The van der Waals surface area contributed by atoms with Gasteiger partial charge in [-0.05, 0) is 23.8 Å². The second-order valence-corrected chi connectivity index (χ2v) is 4.72. The maximum absolute atomic E-state index is 12.6. The quantitative estimate of drug-likeness (QED) is 0.891. The molecule has 0 spiro atoms. The first-order valence-electron chi connectivity index (χ1n) is 6.69. The van der Waals surface area contributed by atoms with Gasteiger partial charge in [-0.3, -0.25) is 14.8 Å². The largest absolute Gasteiger partial charge is 0.328 e. The molecule has 20 heavy (non-hydrogen) atoms. The predicted octanol–water partition coefficient (Wildman–Crippen LogP) is 1.26. The Bertz CT molecular complexity index is 573. The Labute approximate surface area is 117 Å². The highest BCUT2D eigenvalue weighted by Gasteiger charge is 2.29. The summed E-state index contributed by atoms with van der Waals surface area (Å²) < 4.78 is 0. The summed E-state index contributed by atoms with van der Waals surface area (Å²) in [6.45, 7) is 2.22. The molecule has 1 unspecified atom stereocenters. The number of carbonyl (C=O) groups is 1. The van der Waals surface area contributed by atoms with Crippen LogP contribution in [0.3, 0.4) is 0 Å². The van der Waals surface area contributed by atoms with E-state index in [4.69, 9.17) is 0 Å². The van der Waals surface area contributed by atoms with Gasteiger partial charge in [-0.25, -0.2) is 0 Å². The van der Waals surface area contributed by atoms with Crippen LogP contribution in [0.4, 0.5) is 0 Å². The average Bonchev–Trinajstić information content (AvgIpc) is 2.56. The Morgan fingerprint density at radius 1 is 1.25 bits per heavy atom. The van der Waals surface area contributed by atoms with Crippen molar-refractivity contribution in [2.75, 3.05) is 19.6 Å². The summed E-state index contributed by atoms with van der Waals surface area (Å²) in [5, 5.41) is 3.33. The third-order valence-electron chi connectivity index (χ3n) is 3.46. The lowest BCUT2D eigenvalue weighted by Crippen LogP contribution is -2.48. The van der Waals surface area contributed by atoms with Crippen molar-refractivity contribution in [3.05, 3.63) is 60.2 Å². The van der Waals surface area contributed by atoms with Crippen LogP contribution in [0.5, 0.6) is 0 Å². The van der Waals surface area contributed by atoms with Crippen LogP contribution in [0.1, 0.15) is 22.1 Å². The molecule has 1 N–H and O–H groups in total. The number of piperazine rings is 1. The highest BCUT2D eigenvalue weighted by Crippen LogP contribution is 2.22. The molecule has 5 heteroatoms. The van der Waals surface area contributed by atoms with Gasteiger partial charge in [0.2, 0.25) is 0 Å². The van der Waals surface area contributed by atoms with Gasteiger partial charge in [-0.2, -0.15) is 0 Å². The maximum atomic E-state index is 12.6. The fraction of sp³-hybridized carbons (Fsp3) is 0.267. The van der Waals surface area contributed by atoms with Gasteiger partial charge in [0.15, 0.2) is 0 Å². The zero-order valence-electron chi connectivity index (χ0n) is 11.1. The minimum absolute atomic E-state index is 0.00644. The molecule has 0 aromatic carbocycles. The molecule has 1 fully saturated rings. The molecule has 2 aromatic rings. The molecule has 102 valence electrons. The molecular weight excluding hydrogens is 252 g/mol. The highest BCUT2D eigenvalue weighted by atomic mass is 16.2. The normalized spacial score (nSPS) is 18.8. The molecule has 3 rings (SSSR count). The van der Waals surface area contributed by atoms with E-state index in [1.54, 1.807) is 18.5 Å². The lowest BCUT2D eigenvalue weighted by Gasteiger charge is -2.36. The van der Waals surface area contributed by atoms with Gasteiger partial charge in [-0.1, -0.05) is 12.1 Å². The number of hydrogen-bond acceptors (Lipinski definition) is 4. The monoisotopic (exact) mass is 268 g/mol. The minimum atomic E-state index is -0.0269. The summed E-state index contributed by atoms with van der Waals surface area (Å²) in [7, 11) is 0. The molecule has 1 saturated heterocycles. The molecule has 1 amide bonds. The first-order valence-corrected chi connectivity index (χ1v) is 6.69. The number of rotatable bonds is 2. The minimum Gasteiger partial charge on any atom is -0.328 e. The predicted molar refractivity (Wildman–Crippen MR) is 75.1 cm³/mol. The van der Waals surface area contributed by atoms with Crippen LogP contribution in [0.15, 0.2) is 48.9 Å². The molecule has 0 radical (unpaired) electrons. The maximum Gasteiger partial charge on any atom is 0.273 e. The van der Waals surface area contributed by atoms with Crippen molar-refractivity contribution >= 4 is 5.91 Å². The number of aromatic nitrogens is 2. The molecule has 1 aliphatic rings. The third kappa shape index (κ3) is 2.53. The fourth-order valence-electron chi connectivity index (χ4n) is 2.45. The molecular formula is C15H16N4O. The van der Waals surface area contributed by atoms with E-state index in [9.17, 15) is 4.79 Å². The number of amides is 1. The summed E-state index contributed by atoms with van der Waals surface area (Å²) in [6.07, 6.45) is 5.20. The molecule has 2 aromatic heterocycles. The van der Waals surface area contributed by atoms with Gasteiger partial charge >= 0.3 is 0 Å². The topological polar surface area (TPSA) is 58.1 Å². The van der Waals surface area contributed by atoms with Crippen molar-refractivity contribution in [3.63, 3.8) is 0 Å². The number of nitrogens with zero attached hydrogens (tertiary/aromatic N) is 3. The van der Waals surface area contributed by atoms with E-state index < -0.39 is 0 Å². The first kappa shape index (κ1) is 12.7. The summed E-state index contributed by atoms with van der Waals surface area (Å²) in [4.78, 5) is 22.8. The van der Waals surface area contributed by atoms with Crippen LogP contribution >= 0.6 is 0 Å². The molecule has 1 aliphatic heterocycles. The SMILES string of the molecule is O=C(c1ccccn1)N1CCNCC1c1cccnc1. The van der Waals surface area contributed by atoms with E-state index in [0.717, 1.165) is 18.7 Å². The molecule has 0 saturated carbocycles. The number of carbonyl (C=O) groups excluding carboxylic acids is 1. The molecule has 0 bridgehead atoms. The van der Waals surface area contributed by atoms with Gasteiger partial charge in [0.1, 0.15) is 5.69 Å². The van der Waals surface area contributed by atoms with Crippen molar-refractivity contribution in [1.29, 1.82) is 0 Å². The van der Waals surface area contributed by atoms with Crippen LogP contribution in [0, 0.1) is 0 Å². The standard InChI is InChI=1S/C15H16N4O/c20-15(13-5-1-2-7-18-13)19-9-8-17-11-14(19)12-4-3-6-16-10-12/h1-7,10,14,17H,8-9,11H2. The van der Waals surface area contributed by atoms with E-state index in [1.807, 2.05) is 35.4 Å². The van der Waals surface area contributed by atoms with Gasteiger partial charge in [0.25, 0.3) is 5.91 Å². The molecule has 3 heterocycles. The Morgan fingerprint density at radius 3 is 2.95 bits per heavy atom. The van der Waals surface area contributed by atoms with Crippen molar-refractivity contribution in [1.82, 2.24) is 20.2 Å². The fourth-order valence-corrected chi connectivity index (χ4v) is 2.45. The summed E-state index contributed by atoms with van der Waals surface area (Å²) in [5.74, 6) is -0.0269. The van der Waals surface area contributed by atoms with Crippen molar-refractivity contribution in [2.45, 2.75) is 6.04 Å². The van der Waals surface area contributed by atoms with Crippen LogP contribution < -0.4 is 5.32 Å². The lowest BCUT2D eigenvalue weighted by atomic mass is 10.0. The van der Waals surface area contributed by atoms with Crippen LogP contribution in [-0.2, 0) is 0 Å². The van der Waals surface area contributed by atoms with E-state index >= 15 is 0 Å². The van der Waals surface area contributed by atoms with E-state index in [2.05, 4.69) is 15.3 Å². The van der Waals surface area contributed by atoms with Gasteiger partial charge in [-0.15, -0.1) is 0 Å². The second kappa shape index (κ2) is 5.79. The third-order valence-corrected chi connectivity index (χ3v) is 3.46. The average molecular weight is 268 g/mol. The smallest absolute Gasteiger partial charge is 0.273 e. The lowest BCUT2D eigenvalue weighted by molar-refractivity contribution is 0.0628. The van der Waals surface area contributed by atoms with Gasteiger partial charge in [0, 0.05) is 38.2 Å². The number of nitrogens with one attached hydrogen (secondary N) is 1. The Morgan fingerprint density at radius 2 is 2.20 bits per heavy atom. The van der Waals surface area contributed by atoms with E-state index in [0.29, 0.717) is 12.2 Å². The molecule has 1 atom stereocenters. The second-order valence-electron chi connectivity index (χ2n) is 4.72. The Hall–Kier alpha value is -2.27. The first-order chi connectivity index (χ1) is 9.86. The van der Waals surface area contributed by atoms with Gasteiger partial charge < -0.3 is 10.2 Å². The van der Waals surface area contributed by atoms with E-state index in [1.165, 1.54) is 0 Å². The highest BCUT2D eigenvalue weighted by molar-refractivity contribution is 5.92. The number of hydrogen-bond donors (Lipinski definition) is 1. The van der Waals surface area contributed by atoms with Crippen molar-refractivity contribution < 1.29 is 4.79 Å². The Balaban J connectivity index is 1.88. The zero-order chi connectivity index (χ0) is 13.8. The van der Waals surface area contributed by atoms with Crippen LogP contribution in [0.2, 0.25) is 0 Å². The molecule has 0 aliphatic carbocycles. The zero-order valence-corrected chi connectivity index (χ0v) is 11.1. The Kier molecular flexibility index (Phi) is 3.69.